The predicted octanol–water partition coefficient (Wildman–Crippen LogP) is 2.22. The molecule has 1 aromatic heterocycles. The second-order valence-corrected chi connectivity index (χ2v) is 5.89. The molecule has 3 heterocycles. The van der Waals surface area contributed by atoms with Crippen molar-refractivity contribution >= 4 is 23.3 Å². The molecule has 2 aromatic rings. The summed E-state index contributed by atoms with van der Waals surface area (Å²) in [6, 6.07) is 8.86. The average Bonchev–Trinajstić information content (AvgIpc) is 3.13. The summed E-state index contributed by atoms with van der Waals surface area (Å²) >= 11 is 0. The van der Waals surface area contributed by atoms with Crippen LogP contribution in [0.15, 0.2) is 59.6 Å². The summed E-state index contributed by atoms with van der Waals surface area (Å²) in [7, 11) is 0. The fourth-order valence-corrected chi connectivity index (χ4v) is 3.02. The Morgan fingerprint density at radius 2 is 2.15 bits per heavy atom. The molecule has 0 unspecified atom stereocenters. The van der Waals surface area contributed by atoms with E-state index in [-0.39, 0.29) is 5.78 Å². The minimum atomic E-state index is -0.409. The Labute approximate surface area is 150 Å². The Morgan fingerprint density at radius 3 is 2.92 bits per heavy atom. The number of para-hydroxylation sites is 1. The van der Waals surface area contributed by atoms with Gasteiger partial charge in [-0.2, -0.15) is 0 Å². The van der Waals surface area contributed by atoms with Crippen molar-refractivity contribution < 1.29 is 14.3 Å². The van der Waals surface area contributed by atoms with Crippen molar-refractivity contribution in [3.63, 3.8) is 0 Å². The summed E-state index contributed by atoms with van der Waals surface area (Å²) in [5.74, 6) is 1.19. The van der Waals surface area contributed by atoms with Gasteiger partial charge in [-0.3, -0.25) is 19.6 Å². The van der Waals surface area contributed by atoms with Gasteiger partial charge in [0.05, 0.1) is 12.2 Å². The zero-order valence-corrected chi connectivity index (χ0v) is 14.1. The van der Waals surface area contributed by atoms with Crippen LogP contribution in [0.3, 0.4) is 0 Å². The maximum Gasteiger partial charge on any atom is 0.308 e. The molecule has 26 heavy (non-hydrogen) atoms. The molecule has 0 saturated carbocycles. The maximum absolute atomic E-state index is 12.6. The second-order valence-electron chi connectivity index (χ2n) is 5.89. The molecule has 2 aliphatic rings. The summed E-state index contributed by atoms with van der Waals surface area (Å²) in [5, 5.41) is 3.23. The highest BCUT2D eigenvalue weighted by molar-refractivity contribution is 6.11. The number of benzene rings is 1. The molecule has 4 rings (SSSR count). The molecule has 1 N–H and O–H groups in total. The van der Waals surface area contributed by atoms with E-state index in [1.165, 1.54) is 19.2 Å². The largest absolute Gasteiger partial charge is 0.424 e. The number of nitrogens with zero attached hydrogens (tertiary/aromatic N) is 3. The normalized spacial score (nSPS) is 16.4. The summed E-state index contributed by atoms with van der Waals surface area (Å²) < 4.78 is 5.30. The number of carbonyl (C=O) groups excluding carboxylic acids is 2. The topological polar surface area (TPSA) is 83.9 Å². The Kier molecular flexibility index (Phi) is 3.96. The number of allylic oxidation sites excluding steroid dienone is 1. The molecular weight excluding hydrogens is 332 g/mol. The van der Waals surface area contributed by atoms with Gasteiger partial charge in [-0.25, -0.2) is 0 Å². The van der Waals surface area contributed by atoms with Crippen LogP contribution in [-0.4, -0.2) is 40.6 Å². The molecule has 130 valence electrons. The Hall–Kier alpha value is -3.48. The molecule has 7 heteroatoms. The van der Waals surface area contributed by atoms with Gasteiger partial charge in [-0.15, -0.1) is 0 Å². The van der Waals surface area contributed by atoms with Gasteiger partial charge in [0.1, 0.15) is 11.7 Å². The van der Waals surface area contributed by atoms with Crippen LogP contribution in [0.25, 0.3) is 0 Å². The number of rotatable bonds is 3. The number of amidine groups is 1. The summed E-state index contributed by atoms with van der Waals surface area (Å²) in [6.07, 6.45) is 4.67. The van der Waals surface area contributed by atoms with E-state index in [1.807, 2.05) is 17.0 Å². The predicted molar refractivity (Wildman–Crippen MR) is 96.1 cm³/mol. The van der Waals surface area contributed by atoms with Gasteiger partial charge in [0.25, 0.3) is 0 Å². The van der Waals surface area contributed by atoms with Crippen LogP contribution in [0, 0.1) is 0 Å². The molecule has 0 amide bonds. The zero-order chi connectivity index (χ0) is 18.1. The maximum atomic E-state index is 12.6. The van der Waals surface area contributed by atoms with E-state index in [2.05, 4.69) is 15.3 Å². The molecule has 2 aliphatic heterocycles. The minimum absolute atomic E-state index is 0.166. The SMILES string of the molecule is CC(=O)Oc1cccc2c1NC(=CC(=O)c1cccnc1)N1CCN=C21. The third-order valence-corrected chi connectivity index (χ3v) is 4.12. The number of pyridine rings is 1. The number of ether oxygens (including phenoxy) is 1. The molecule has 0 spiro atoms. The van der Waals surface area contributed by atoms with Crippen LogP contribution in [0.2, 0.25) is 0 Å². The molecule has 0 bridgehead atoms. The number of carbonyl (C=O) groups is 2. The van der Waals surface area contributed by atoms with Crippen molar-refractivity contribution in [3.8, 4) is 5.75 Å². The first kappa shape index (κ1) is 16.0. The van der Waals surface area contributed by atoms with E-state index in [1.54, 1.807) is 24.4 Å². The van der Waals surface area contributed by atoms with Gasteiger partial charge >= 0.3 is 5.97 Å². The summed E-state index contributed by atoms with van der Waals surface area (Å²) in [6.45, 7) is 2.66. The first-order valence-electron chi connectivity index (χ1n) is 8.20. The highest BCUT2D eigenvalue weighted by Crippen LogP contribution is 2.37. The first-order valence-corrected chi connectivity index (χ1v) is 8.20. The molecule has 0 radical (unpaired) electrons. The quantitative estimate of drug-likeness (QED) is 0.396. The minimum Gasteiger partial charge on any atom is -0.424 e. The number of aliphatic imine (C=N–C) groups is 1. The Bertz CT molecular complexity index is 951. The van der Waals surface area contributed by atoms with Gasteiger partial charge in [-0.1, -0.05) is 6.07 Å². The molecule has 1 aromatic carbocycles. The lowest BCUT2D eigenvalue weighted by atomic mass is 10.1. The van der Waals surface area contributed by atoms with E-state index in [4.69, 9.17) is 4.74 Å². The molecular formula is C19H16N4O3. The van der Waals surface area contributed by atoms with Crippen LogP contribution >= 0.6 is 0 Å². The smallest absolute Gasteiger partial charge is 0.308 e. The number of hydrogen-bond acceptors (Lipinski definition) is 7. The van der Waals surface area contributed by atoms with Crippen LogP contribution in [0.4, 0.5) is 5.69 Å². The average molecular weight is 348 g/mol. The van der Waals surface area contributed by atoms with Gasteiger partial charge in [0, 0.05) is 43.1 Å². The van der Waals surface area contributed by atoms with E-state index in [0.717, 1.165) is 11.4 Å². The molecule has 0 saturated heterocycles. The highest BCUT2D eigenvalue weighted by Gasteiger charge is 2.31. The van der Waals surface area contributed by atoms with Crippen LogP contribution < -0.4 is 10.1 Å². The van der Waals surface area contributed by atoms with Crippen molar-refractivity contribution in [1.29, 1.82) is 0 Å². The van der Waals surface area contributed by atoms with Crippen molar-refractivity contribution in [3.05, 3.63) is 65.7 Å². The number of ketones is 1. The molecule has 7 nitrogen and oxygen atoms in total. The summed E-state index contributed by atoms with van der Waals surface area (Å²) in [4.78, 5) is 34.5. The van der Waals surface area contributed by atoms with Crippen molar-refractivity contribution in [1.82, 2.24) is 9.88 Å². The fraction of sp³-hybridized carbons (Fsp3) is 0.158. The van der Waals surface area contributed by atoms with Crippen LogP contribution in [0.5, 0.6) is 5.75 Å². The van der Waals surface area contributed by atoms with Gasteiger partial charge in [0.15, 0.2) is 11.5 Å². The fourth-order valence-electron chi connectivity index (χ4n) is 3.02. The van der Waals surface area contributed by atoms with Crippen molar-refractivity contribution in [2.24, 2.45) is 4.99 Å². The molecule has 0 atom stereocenters. The second kappa shape index (κ2) is 6.44. The lowest BCUT2D eigenvalue weighted by Crippen LogP contribution is -2.36. The van der Waals surface area contributed by atoms with Gasteiger partial charge in [-0.05, 0) is 24.3 Å². The van der Waals surface area contributed by atoms with Gasteiger partial charge < -0.3 is 15.0 Å². The third kappa shape index (κ3) is 2.83. The molecule has 0 fully saturated rings. The highest BCUT2D eigenvalue weighted by atomic mass is 16.5. The number of hydrogen-bond donors (Lipinski definition) is 1. The number of nitrogens with one attached hydrogen (secondary N) is 1. The number of aromatic nitrogens is 1. The summed E-state index contributed by atoms with van der Waals surface area (Å²) in [5.41, 5.74) is 1.97. The number of esters is 1. The van der Waals surface area contributed by atoms with E-state index in [9.17, 15) is 9.59 Å². The standard InChI is InChI=1S/C19H16N4O3/c1-12(24)26-16-6-2-5-14-18(16)22-17(23-9-8-21-19(14)23)10-15(25)13-4-3-7-20-11-13/h2-7,10-11,22H,8-9H2,1H3. The number of fused-ring (bicyclic) bond motifs is 3. The van der Waals surface area contributed by atoms with Crippen molar-refractivity contribution in [2.45, 2.75) is 6.92 Å². The van der Waals surface area contributed by atoms with E-state index < -0.39 is 5.97 Å². The van der Waals surface area contributed by atoms with E-state index >= 15 is 0 Å². The Balaban J connectivity index is 1.76. The van der Waals surface area contributed by atoms with Gasteiger partial charge in [0.2, 0.25) is 0 Å². The third-order valence-electron chi connectivity index (χ3n) is 4.12. The first-order chi connectivity index (χ1) is 12.6. The van der Waals surface area contributed by atoms with E-state index in [0.29, 0.717) is 35.9 Å². The zero-order valence-electron chi connectivity index (χ0n) is 14.1. The lowest BCUT2D eigenvalue weighted by Gasteiger charge is -2.32. The van der Waals surface area contributed by atoms with Crippen LogP contribution in [-0.2, 0) is 4.79 Å². The molecule has 0 aliphatic carbocycles. The van der Waals surface area contributed by atoms with Crippen LogP contribution in [0.1, 0.15) is 22.8 Å². The van der Waals surface area contributed by atoms with Crippen molar-refractivity contribution in [2.75, 3.05) is 18.4 Å². The lowest BCUT2D eigenvalue weighted by molar-refractivity contribution is -0.131. The monoisotopic (exact) mass is 348 g/mol. The number of anilines is 1. The Morgan fingerprint density at radius 1 is 1.27 bits per heavy atom.